The quantitative estimate of drug-likeness (QED) is 0.894. The minimum Gasteiger partial charge on any atom is -0.497 e. The third kappa shape index (κ3) is 4.37. The van der Waals surface area contributed by atoms with Crippen molar-refractivity contribution in [2.24, 2.45) is 0 Å². The first-order chi connectivity index (χ1) is 10.6. The molecular formula is C17H24N2O4. The predicted molar refractivity (Wildman–Crippen MR) is 87.7 cm³/mol. The second-order valence-electron chi connectivity index (χ2n) is 6.84. The molecule has 0 unspecified atom stereocenters. The van der Waals surface area contributed by atoms with E-state index in [1.807, 2.05) is 13.0 Å². The first-order valence-electron chi connectivity index (χ1n) is 7.62. The van der Waals surface area contributed by atoms with E-state index in [1.54, 1.807) is 40.0 Å². The summed E-state index contributed by atoms with van der Waals surface area (Å²) in [4.78, 5) is 24.4. The summed E-state index contributed by atoms with van der Waals surface area (Å²) in [5.74, 6) is 0.505. The van der Waals surface area contributed by atoms with Crippen LogP contribution in [0.4, 0.5) is 10.5 Å². The number of benzene rings is 1. The predicted octanol–water partition coefficient (Wildman–Crippen LogP) is 3.00. The van der Waals surface area contributed by atoms with Gasteiger partial charge in [0.1, 0.15) is 16.9 Å². The SMILES string of the molecule is COc1ccc(NC(=O)C2(NC(=O)OC(C)(C)C)CC2)c(C)c1. The normalized spacial score (nSPS) is 15.5. The lowest BCUT2D eigenvalue weighted by Crippen LogP contribution is -2.47. The Bertz CT molecular complexity index is 616. The molecule has 2 N–H and O–H groups in total. The van der Waals surface area contributed by atoms with E-state index in [0.29, 0.717) is 18.5 Å². The van der Waals surface area contributed by atoms with E-state index in [9.17, 15) is 9.59 Å². The highest BCUT2D eigenvalue weighted by molar-refractivity contribution is 6.02. The number of carbonyl (C=O) groups excluding carboxylic acids is 2. The number of alkyl carbamates (subject to hydrolysis) is 1. The van der Waals surface area contributed by atoms with Crippen molar-refractivity contribution in [3.05, 3.63) is 23.8 Å². The van der Waals surface area contributed by atoms with E-state index in [1.165, 1.54) is 0 Å². The van der Waals surface area contributed by atoms with E-state index in [4.69, 9.17) is 9.47 Å². The molecule has 1 fully saturated rings. The highest BCUT2D eigenvalue weighted by Gasteiger charge is 2.52. The van der Waals surface area contributed by atoms with Crippen LogP contribution in [0.2, 0.25) is 0 Å². The van der Waals surface area contributed by atoms with Gasteiger partial charge in [0.25, 0.3) is 0 Å². The molecule has 0 spiro atoms. The van der Waals surface area contributed by atoms with E-state index >= 15 is 0 Å². The van der Waals surface area contributed by atoms with Crippen LogP contribution in [-0.2, 0) is 9.53 Å². The molecule has 2 amide bonds. The maximum Gasteiger partial charge on any atom is 0.408 e. The van der Waals surface area contributed by atoms with Crippen molar-refractivity contribution >= 4 is 17.7 Å². The van der Waals surface area contributed by atoms with Crippen LogP contribution in [0.15, 0.2) is 18.2 Å². The number of amides is 2. The summed E-state index contributed by atoms with van der Waals surface area (Å²) in [6.07, 6.45) is 0.636. The van der Waals surface area contributed by atoms with Crippen molar-refractivity contribution in [2.75, 3.05) is 12.4 Å². The Hall–Kier alpha value is -2.24. The first kappa shape index (κ1) is 17.1. The average Bonchev–Trinajstić information content (AvgIpc) is 3.19. The second-order valence-corrected chi connectivity index (χ2v) is 6.84. The minimum absolute atomic E-state index is 0.225. The zero-order valence-corrected chi connectivity index (χ0v) is 14.3. The fourth-order valence-electron chi connectivity index (χ4n) is 2.18. The van der Waals surface area contributed by atoms with Crippen molar-refractivity contribution in [3.8, 4) is 5.75 Å². The minimum atomic E-state index is -0.866. The highest BCUT2D eigenvalue weighted by Crippen LogP contribution is 2.37. The number of carbonyl (C=O) groups is 2. The summed E-state index contributed by atoms with van der Waals surface area (Å²) in [5, 5.41) is 5.56. The highest BCUT2D eigenvalue weighted by atomic mass is 16.6. The van der Waals surface area contributed by atoms with Crippen molar-refractivity contribution < 1.29 is 19.1 Å². The van der Waals surface area contributed by atoms with Gasteiger partial charge in [0, 0.05) is 5.69 Å². The third-order valence-electron chi connectivity index (χ3n) is 3.61. The molecule has 0 atom stereocenters. The number of anilines is 1. The van der Waals surface area contributed by atoms with Crippen molar-refractivity contribution in [1.82, 2.24) is 5.32 Å². The van der Waals surface area contributed by atoms with Crippen molar-refractivity contribution in [3.63, 3.8) is 0 Å². The summed E-state index contributed by atoms with van der Waals surface area (Å²) in [6.45, 7) is 7.24. The molecule has 0 heterocycles. The number of ether oxygens (including phenoxy) is 2. The van der Waals surface area contributed by atoms with Crippen molar-refractivity contribution in [1.29, 1.82) is 0 Å². The standard InChI is InChI=1S/C17H24N2O4/c1-11-10-12(22-5)6-7-13(11)18-14(20)17(8-9-17)19-15(21)23-16(2,3)4/h6-7,10H,8-9H2,1-5H3,(H,18,20)(H,19,21). The molecule has 1 saturated carbocycles. The molecule has 1 aliphatic carbocycles. The van der Waals surface area contributed by atoms with Gasteiger partial charge in [-0.1, -0.05) is 0 Å². The van der Waals surface area contributed by atoms with E-state index in [2.05, 4.69) is 10.6 Å². The number of aryl methyl sites for hydroxylation is 1. The average molecular weight is 320 g/mol. The van der Waals surface area contributed by atoms with Gasteiger partial charge in [0.2, 0.25) is 5.91 Å². The van der Waals surface area contributed by atoms with E-state index in [-0.39, 0.29) is 5.91 Å². The van der Waals surface area contributed by atoms with Crippen molar-refractivity contribution in [2.45, 2.75) is 51.7 Å². The van der Waals surface area contributed by atoms with Crippen LogP contribution in [0.3, 0.4) is 0 Å². The molecule has 2 rings (SSSR count). The zero-order valence-electron chi connectivity index (χ0n) is 14.3. The Kier molecular flexibility index (Phi) is 4.54. The Morgan fingerprint density at radius 2 is 1.87 bits per heavy atom. The van der Waals surface area contributed by atoms with Gasteiger partial charge in [-0.05, 0) is 64.3 Å². The first-order valence-corrected chi connectivity index (χ1v) is 7.62. The van der Waals surface area contributed by atoms with Gasteiger partial charge in [-0.15, -0.1) is 0 Å². The summed E-state index contributed by atoms with van der Waals surface area (Å²) in [5.41, 5.74) is 0.136. The molecule has 0 aliphatic heterocycles. The molecule has 126 valence electrons. The van der Waals surface area contributed by atoms with Gasteiger partial charge in [0.15, 0.2) is 0 Å². The van der Waals surface area contributed by atoms with Gasteiger partial charge < -0.3 is 20.1 Å². The van der Waals surface area contributed by atoms with Gasteiger partial charge in [-0.2, -0.15) is 0 Å². The fourth-order valence-corrected chi connectivity index (χ4v) is 2.18. The Morgan fingerprint density at radius 1 is 1.22 bits per heavy atom. The summed E-state index contributed by atoms with van der Waals surface area (Å²) in [7, 11) is 1.59. The topological polar surface area (TPSA) is 76.7 Å². The summed E-state index contributed by atoms with van der Waals surface area (Å²) < 4.78 is 10.4. The lowest BCUT2D eigenvalue weighted by molar-refractivity contribution is -0.119. The van der Waals surface area contributed by atoms with Crippen LogP contribution in [0.1, 0.15) is 39.2 Å². The number of rotatable bonds is 4. The molecule has 1 aliphatic rings. The van der Waals surface area contributed by atoms with Crippen LogP contribution in [0.5, 0.6) is 5.75 Å². The van der Waals surface area contributed by atoms with Gasteiger partial charge in [-0.3, -0.25) is 4.79 Å². The monoisotopic (exact) mass is 320 g/mol. The molecule has 6 heteroatoms. The molecule has 1 aromatic carbocycles. The lowest BCUT2D eigenvalue weighted by atomic mass is 10.1. The molecule has 0 radical (unpaired) electrons. The number of methoxy groups -OCH3 is 1. The van der Waals surface area contributed by atoms with Gasteiger partial charge in [-0.25, -0.2) is 4.79 Å². The van der Waals surface area contributed by atoms with Crippen LogP contribution in [-0.4, -0.2) is 30.3 Å². The second kappa shape index (κ2) is 6.10. The van der Waals surface area contributed by atoms with Crippen LogP contribution < -0.4 is 15.4 Å². The maximum atomic E-state index is 12.5. The third-order valence-corrected chi connectivity index (χ3v) is 3.61. The Balaban J connectivity index is 2.01. The molecule has 23 heavy (non-hydrogen) atoms. The lowest BCUT2D eigenvalue weighted by Gasteiger charge is -2.23. The summed E-state index contributed by atoms with van der Waals surface area (Å²) in [6, 6.07) is 5.41. The largest absolute Gasteiger partial charge is 0.497 e. The Labute approximate surface area is 136 Å². The van der Waals surface area contributed by atoms with Gasteiger partial charge in [0.05, 0.1) is 7.11 Å². The molecule has 6 nitrogen and oxygen atoms in total. The zero-order chi connectivity index (χ0) is 17.3. The molecule has 0 saturated heterocycles. The summed E-state index contributed by atoms with van der Waals surface area (Å²) >= 11 is 0. The van der Waals surface area contributed by atoms with E-state index < -0.39 is 17.2 Å². The number of nitrogens with one attached hydrogen (secondary N) is 2. The molecular weight excluding hydrogens is 296 g/mol. The van der Waals surface area contributed by atoms with Crippen LogP contribution in [0.25, 0.3) is 0 Å². The van der Waals surface area contributed by atoms with Crippen LogP contribution in [0, 0.1) is 6.92 Å². The molecule has 0 aromatic heterocycles. The van der Waals surface area contributed by atoms with E-state index in [0.717, 1.165) is 11.3 Å². The number of hydrogen-bond donors (Lipinski definition) is 2. The fraction of sp³-hybridized carbons (Fsp3) is 0.529. The molecule has 1 aromatic rings. The Morgan fingerprint density at radius 3 is 2.35 bits per heavy atom. The smallest absolute Gasteiger partial charge is 0.408 e. The van der Waals surface area contributed by atoms with Crippen LogP contribution >= 0.6 is 0 Å². The number of hydrogen-bond acceptors (Lipinski definition) is 4. The maximum absolute atomic E-state index is 12.5. The molecule has 0 bridgehead atoms. The van der Waals surface area contributed by atoms with Gasteiger partial charge >= 0.3 is 6.09 Å².